The van der Waals surface area contributed by atoms with Crippen LogP contribution in [-0.4, -0.2) is 23.3 Å². The Morgan fingerprint density at radius 2 is 1.85 bits per heavy atom. The van der Waals surface area contributed by atoms with Gasteiger partial charge in [0, 0.05) is 5.56 Å². The summed E-state index contributed by atoms with van der Waals surface area (Å²) >= 11 is 0. The zero-order chi connectivity index (χ0) is 18.9. The Labute approximate surface area is 151 Å². The van der Waals surface area contributed by atoms with Gasteiger partial charge in [-0.1, -0.05) is 30.3 Å². The molecule has 1 heterocycles. The van der Waals surface area contributed by atoms with Crippen molar-refractivity contribution in [3.05, 3.63) is 65.5 Å². The monoisotopic (exact) mass is 354 g/mol. The number of anilines is 1. The van der Waals surface area contributed by atoms with Crippen molar-refractivity contribution in [1.29, 1.82) is 0 Å². The third kappa shape index (κ3) is 3.79. The first-order chi connectivity index (χ1) is 12.2. The molecule has 0 saturated heterocycles. The van der Waals surface area contributed by atoms with Crippen LogP contribution in [0.25, 0.3) is 0 Å². The van der Waals surface area contributed by atoms with Crippen LogP contribution in [-0.2, 0) is 16.1 Å². The summed E-state index contributed by atoms with van der Waals surface area (Å²) in [6.07, 6.45) is -0.877. The third-order valence-corrected chi connectivity index (χ3v) is 3.73. The SMILES string of the molecule is CC(C)(C)OC(=O)/N=C1/C(=O)N(Cc2ccccc2)c2ccc(F)cc21. The van der Waals surface area contributed by atoms with Crippen LogP contribution in [0, 0.1) is 5.82 Å². The van der Waals surface area contributed by atoms with Crippen LogP contribution >= 0.6 is 0 Å². The van der Waals surface area contributed by atoms with Crippen molar-refractivity contribution < 1.29 is 18.7 Å². The number of rotatable bonds is 2. The molecule has 6 heteroatoms. The number of hydrogen-bond acceptors (Lipinski definition) is 3. The molecule has 5 nitrogen and oxygen atoms in total. The zero-order valence-electron chi connectivity index (χ0n) is 14.8. The molecule has 0 aromatic heterocycles. The Kier molecular flexibility index (Phi) is 4.59. The molecule has 1 aliphatic heterocycles. The topological polar surface area (TPSA) is 59.0 Å². The number of ether oxygens (including phenoxy) is 1. The lowest BCUT2D eigenvalue weighted by molar-refractivity contribution is -0.112. The van der Waals surface area contributed by atoms with Gasteiger partial charge in [0.15, 0.2) is 0 Å². The molecular formula is C20H19FN2O3. The molecule has 0 radical (unpaired) electrons. The number of carbonyl (C=O) groups is 2. The van der Waals surface area contributed by atoms with Crippen molar-refractivity contribution in [2.45, 2.75) is 32.9 Å². The molecular weight excluding hydrogens is 335 g/mol. The predicted octanol–water partition coefficient (Wildman–Crippen LogP) is 4.10. The Balaban J connectivity index is 1.98. The lowest BCUT2D eigenvalue weighted by Gasteiger charge is -2.17. The summed E-state index contributed by atoms with van der Waals surface area (Å²) in [7, 11) is 0. The summed E-state index contributed by atoms with van der Waals surface area (Å²) in [4.78, 5) is 30.2. The van der Waals surface area contributed by atoms with E-state index in [0.717, 1.165) is 5.56 Å². The number of carbonyl (C=O) groups excluding carboxylic acids is 2. The zero-order valence-corrected chi connectivity index (χ0v) is 14.8. The van der Waals surface area contributed by atoms with Gasteiger partial charge in [0.2, 0.25) is 0 Å². The summed E-state index contributed by atoms with van der Waals surface area (Å²) in [5.74, 6) is -0.963. The molecule has 26 heavy (non-hydrogen) atoms. The Morgan fingerprint density at radius 3 is 2.50 bits per heavy atom. The number of fused-ring (bicyclic) bond motifs is 1. The van der Waals surface area contributed by atoms with E-state index in [2.05, 4.69) is 4.99 Å². The molecule has 2 amide bonds. The van der Waals surface area contributed by atoms with Gasteiger partial charge in [0.05, 0.1) is 12.2 Å². The van der Waals surface area contributed by atoms with Gasteiger partial charge in [-0.15, -0.1) is 0 Å². The molecule has 0 atom stereocenters. The van der Waals surface area contributed by atoms with E-state index in [1.54, 1.807) is 20.8 Å². The van der Waals surface area contributed by atoms with Crippen LogP contribution in [0.3, 0.4) is 0 Å². The second-order valence-electron chi connectivity index (χ2n) is 6.98. The summed E-state index contributed by atoms with van der Waals surface area (Å²) < 4.78 is 18.9. The molecule has 2 aromatic rings. The average molecular weight is 354 g/mol. The fourth-order valence-electron chi connectivity index (χ4n) is 2.69. The summed E-state index contributed by atoms with van der Waals surface area (Å²) in [5, 5.41) is 0. The number of nitrogens with zero attached hydrogens (tertiary/aromatic N) is 2. The quantitative estimate of drug-likeness (QED) is 0.816. The lowest BCUT2D eigenvalue weighted by atomic mass is 10.1. The van der Waals surface area contributed by atoms with Gasteiger partial charge in [-0.25, -0.2) is 9.18 Å². The van der Waals surface area contributed by atoms with Crippen molar-refractivity contribution >= 4 is 23.4 Å². The van der Waals surface area contributed by atoms with Crippen LogP contribution in [0.4, 0.5) is 14.9 Å². The summed E-state index contributed by atoms with van der Waals surface area (Å²) in [6, 6.07) is 13.4. The normalized spacial score (nSPS) is 15.3. The highest BCUT2D eigenvalue weighted by Gasteiger charge is 2.35. The third-order valence-electron chi connectivity index (χ3n) is 3.73. The van der Waals surface area contributed by atoms with Crippen molar-refractivity contribution in [3.8, 4) is 0 Å². The van der Waals surface area contributed by atoms with Crippen LogP contribution in [0.1, 0.15) is 31.9 Å². The number of aliphatic imine (C=N–C) groups is 1. The number of hydrogen-bond donors (Lipinski definition) is 0. The van der Waals surface area contributed by atoms with Crippen molar-refractivity contribution in [2.75, 3.05) is 4.90 Å². The summed E-state index contributed by atoms with van der Waals surface area (Å²) in [6.45, 7) is 5.41. The first kappa shape index (κ1) is 17.8. The molecule has 0 bridgehead atoms. The molecule has 0 unspecified atom stereocenters. The molecule has 3 rings (SSSR count). The fourth-order valence-corrected chi connectivity index (χ4v) is 2.69. The van der Waals surface area contributed by atoms with E-state index in [9.17, 15) is 14.0 Å². The highest BCUT2D eigenvalue weighted by Crippen LogP contribution is 2.31. The van der Waals surface area contributed by atoms with E-state index < -0.39 is 23.4 Å². The fraction of sp³-hybridized carbons (Fsp3) is 0.250. The molecule has 0 fully saturated rings. The largest absolute Gasteiger partial charge is 0.442 e. The maximum atomic E-state index is 13.7. The van der Waals surface area contributed by atoms with E-state index in [0.29, 0.717) is 12.2 Å². The highest BCUT2D eigenvalue weighted by molar-refractivity contribution is 6.55. The maximum Gasteiger partial charge on any atom is 0.434 e. The van der Waals surface area contributed by atoms with Gasteiger partial charge in [0.25, 0.3) is 5.91 Å². The van der Waals surface area contributed by atoms with Crippen molar-refractivity contribution in [2.24, 2.45) is 4.99 Å². The molecule has 0 saturated carbocycles. The minimum Gasteiger partial charge on any atom is -0.442 e. The maximum absolute atomic E-state index is 13.7. The molecule has 0 N–H and O–H groups in total. The standard InChI is InChI=1S/C20H19FN2O3/c1-20(2,3)26-19(25)22-17-15-11-14(21)9-10-16(15)23(18(17)24)12-13-7-5-4-6-8-13/h4-11H,12H2,1-3H3/b22-17+. The van der Waals surface area contributed by atoms with Gasteiger partial charge >= 0.3 is 6.09 Å². The first-order valence-electron chi connectivity index (χ1n) is 8.22. The molecule has 134 valence electrons. The first-order valence-corrected chi connectivity index (χ1v) is 8.22. The van der Waals surface area contributed by atoms with E-state index in [1.165, 1.54) is 23.1 Å². The molecule has 2 aromatic carbocycles. The lowest BCUT2D eigenvalue weighted by Crippen LogP contribution is -2.30. The van der Waals surface area contributed by atoms with Crippen molar-refractivity contribution in [3.63, 3.8) is 0 Å². The second-order valence-corrected chi connectivity index (χ2v) is 6.98. The number of halogens is 1. The van der Waals surface area contributed by atoms with Crippen LogP contribution in [0.5, 0.6) is 0 Å². The minimum atomic E-state index is -0.877. The Bertz CT molecular complexity index is 886. The Hall–Kier alpha value is -3.02. The molecule has 0 spiro atoms. The van der Waals surface area contributed by atoms with E-state index in [-0.39, 0.29) is 11.3 Å². The summed E-state index contributed by atoms with van der Waals surface area (Å²) in [5.41, 5.74) is 0.871. The van der Waals surface area contributed by atoms with Gasteiger partial charge in [-0.3, -0.25) is 4.79 Å². The number of amides is 2. The molecule has 0 aliphatic carbocycles. The predicted molar refractivity (Wildman–Crippen MR) is 96.8 cm³/mol. The van der Waals surface area contributed by atoms with Gasteiger partial charge in [0.1, 0.15) is 17.1 Å². The van der Waals surface area contributed by atoms with Gasteiger partial charge in [-0.2, -0.15) is 4.99 Å². The van der Waals surface area contributed by atoms with E-state index in [4.69, 9.17) is 4.74 Å². The minimum absolute atomic E-state index is 0.107. The highest BCUT2D eigenvalue weighted by atomic mass is 19.1. The average Bonchev–Trinajstić information content (AvgIpc) is 2.79. The number of benzene rings is 2. The van der Waals surface area contributed by atoms with E-state index in [1.807, 2.05) is 30.3 Å². The second kappa shape index (κ2) is 6.71. The van der Waals surface area contributed by atoms with Gasteiger partial charge < -0.3 is 9.64 Å². The smallest absolute Gasteiger partial charge is 0.434 e. The Morgan fingerprint density at radius 1 is 1.15 bits per heavy atom. The van der Waals surface area contributed by atoms with Crippen LogP contribution in [0.2, 0.25) is 0 Å². The van der Waals surface area contributed by atoms with Crippen LogP contribution in [0.15, 0.2) is 53.5 Å². The van der Waals surface area contributed by atoms with Gasteiger partial charge in [-0.05, 0) is 44.5 Å². The van der Waals surface area contributed by atoms with E-state index >= 15 is 0 Å². The van der Waals surface area contributed by atoms with Crippen LogP contribution < -0.4 is 4.90 Å². The molecule has 1 aliphatic rings. The van der Waals surface area contributed by atoms with Crippen molar-refractivity contribution in [1.82, 2.24) is 0 Å².